The van der Waals surface area contributed by atoms with Gasteiger partial charge in [0.25, 0.3) is 11.8 Å². The molecular formula is C16H17ClN2O4S. The number of rotatable bonds is 6. The lowest BCUT2D eigenvalue weighted by Gasteiger charge is -2.17. The van der Waals surface area contributed by atoms with E-state index in [1.165, 1.54) is 6.08 Å². The van der Waals surface area contributed by atoms with Crippen molar-refractivity contribution in [3.63, 3.8) is 0 Å². The Morgan fingerprint density at radius 3 is 2.42 bits per heavy atom. The molecule has 1 aliphatic heterocycles. The Morgan fingerprint density at radius 2 is 1.83 bits per heavy atom. The van der Waals surface area contributed by atoms with E-state index in [1.807, 2.05) is 13.8 Å². The molecule has 0 radical (unpaired) electrons. The van der Waals surface area contributed by atoms with Gasteiger partial charge in [0.2, 0.25) is 0 Å². The van der Waals surface area contributed by atoms with Crippen molar-refractivity contribution in [2.24, 2.45) is 0 Å². The number of thiocarbonyl (C=S) groups is 1. The normalized spacial score (nSPS) is 14.1. The van der Waals surface area contributed by atoms with Crippen molar-refractivity contribution in [1.82, 2.24) is 10.6 Å². The standard InChI is InChI=1S/C16H17ClN2O4S/c1-3-5-23-13-11(17)7-9(8-12(13)22-4-2)6-10-14(20)18-16(24)19-15(10)21/h6-8H,3-5H2,1-2H3,(H2,18,19,20,21,24). The van der Waals surface area contributed by atoms with Crippen LogP contribution >= 0.6 is 23.8 Å². The Balaban J connectivity index is 2.40. The van der Waals surface area contributed by atoms with Crippen LogP contribution in [0.25, 0.3) is 6.08 Å². The highest BCUT2D eigenvalue weighted by Gasteiger charge is 2.26. The zero-order valence-corrected chi connectivity index (χ0v) is 14.8. The molecule has 0 unspecified atom stereocenters. The van der Waals surface area contributed by atoms with Crippen molar-refractivity contribution >= 4 is 46.8 Å². The summed E-state index contributed by atoms with van der Waals surface area (Å²) in [6.45, 7) is 4.75. The first kappa shape index (κ1) is 18.2. The SMILES string of the molecule is CCCOc1c(Cl)cc(C=C2C(=O)NC(=S)NC2=O)cc1OCC. The van der Waals surface area contributed by atoms with Crippen LogP contribution in [0, 0.1) is 0 Å². The molecule has 1 saturated heterocycles. The molecule has 1 heterocycles. The summed E-state index contributed by atoms with van der Waals surface area (Å²) in [6, 6.07) is 3.27. The Kier molecular flexibility index (Phi) is 6.16. The molecule has 2 amide bonds. The van der Waals surface area contributed by atoms with E-state index in [2.05, 4.69) is 10.6 Å². The largest absolute Gasteiger partial charge is 0.490 e. The van der Waals surface area contributed by atoms with Gasteiger partial charge in [0.1, 0.15) is 5.57 Å². The molecule has 8 heteroatoms. The van der Waals surface area contributed by atoms with E-state index in [4.69, 9.17) is 33.3 Å². The number of amides is 2. The Morgan fingerprint density at radius 1 is 1.17 bits per heavy atom. The molecular weight excluding hydrogens is 352 g/mol. The summed E-state index contributed by atoms with van der Waals surface area (Å²) in [5.41, 5.74) is 0.477. The van der Waals surface area contributed by atoms with Gasteiger partial charge in [-0.1, -0.05) is 18.5 Å². The van der Waals surface area contributed by atoms with Gasteiger partial charge >= 0.3 is 0 Å². The van der Waals surface area contributed by atoms with Crippen LogP contribution in [0.1, 0.15) is 25.8 Å². The van der Waals surface area contributed by atoms with Crippen LogP contribution in [-0.2, 0) is 9.59 Å². The fourth-order valence-corrected chi connectivity index (χ4v) is 2.51. The van der Waals surface area contributed by atoms with Gasteiger partial charge in [-0.3, -0.25) is 20.2 Å². The average molecular weight is 369 g/mol. The summed E-state index contributed by atoms with van der Waals surface area (Å²) in [5.74, 6) is -0.230. The van der Waals surface area contributed by atoms with E-state index in [1.54, 1.807) is 12.1 Å². The molecule has 0 aliphatic carbocycles. The fourth-order valence-electron chi connectivity index (χ4n) is 2.05. The quantitative estimate of drug-likeness (QED) is 0.458. The van der Waals surface area contributed by atoms with Gasteiger partial charge in [0, 0.05) is 0 Å². The second kappa shape index (κ2) is 8.12. The number of hydrogen-bond acceptors (Lipinski definition) is 5. The van der Waals surface area contributed by atoms with Gasteiger partial charge in [-0.2, -0.15) is 0 Å². The predicted molar refractivity (Wildman–Crippen MR) is 95.3 cm³/mol. The van der Waals surface area contributed by atoms with E-state index in [0.29, 0.717) is 35.3 Å². The third kappa shape index (κ3) is 4.24. The Labute approximate surface area is 150 Å². The van der Waals surface area contributed by atoms with Gasteiger partial charge in [-0.25, -0.2) is 0 Å². The molecule has 128 valence electrons. The average Bonchev–Trinajstić information content (AvgIpc) is 2.50. The minimum atomic E-state index is -0.566. The van der Waals surface area contributed by atoms with Crippen molar-refractivity contribution < 1.29 is 19.1 Å². The highest BCUT2D eigenvalue weighted by molar-refractivity contribution is 7.80. The van der Waals surface area contributed by atoms with Crippen LogP contribution in [0.2, 0.25) is 5.02 Å². The molecule has 24 heavy (non-hydrogen) atoms. The molecule has 0 saturated carbocycles. The second-order valence-corrected chi connectivity index (χ2v) is 5.72. The zero-order chi connectivity index (χ0) is 17.7. The van der Waals surface area contributed by atoms with E-state index < -0.39 is 11.8 Å². The van der Waals surface area contributed by atoms with Crippen LogP contribution in [0.4, 0.5) is 0 Å². The maximum Gasteiger partial charge on any atom is 0.263 e. The summed E-state index contributed by atoms with van der Waals surface area (Å²) in [5, 5.41) is 5.08. The van der Waals surface area contributed by atoms with Gasteiger partial charge in [-0.15, -0.1) is 0 Å². The lowest BCUT2D eigenvalue weighted by molar-refractivity contribution is -0.123. The highest BCUT2D eigenvalue weighted by Crippen LogP contribution is 2.37. The Hall–Kier alpha value is -2.12. The number of carbonyl (C=O) groups is 2. The van der Waals surface area contributed by atoms with E-state index in [0.717, 1.165) is 6.42 Å². The van der Waals surface area contributed by atoms with Crippen LogP contribution < -0.4 is 20.1 Å². The van der Waals surface area contributed by atoms with Crippen molar-refractivity contribution in [3.8, 4) is 11.5 Å². The van der Waals surface area contributed by atoms with Crippen LogP contribution in [0.5, 0.6) is 11.5 Å². The zero-order valence-electron chi connectivity index (χ0n) is 13.3. The first-order chi connectivity index (χ1) is 11.5. The summed E-state index contributed by atoms with van der Waals surface area (Å²) < 4.78 is 11.2. The lowest BCUT2D eigenvalue weighted by Crippen LogP contribution is -2.51. The topological polar surface area (TPSA) is 76.7 Å². The molecule has 0 bridgehead atoms. The molecule has 1 aromatic rings. The molecule has 2 rings (SSSR count). The number of halogens is 1. The molecule has 1 aromatic carbocycles. The fraction of sp³-hybridized carbons (Fsp3) is 0.312. The third-order valence-electron chi connectivity index (χ3n) is 3.04. The number of nitrogens with one attached hydrogen (secondary N) is 2. The predicted octanol–water partition coefficient (Wildman–Crippen LogP) is 2.44. The van der Waals surface area contributed by atoms with E-state index in [9.17, 15) is 9.59 Å². The summed E-state index contributed by atoms with van der Waals surface area (Å²) in [4.78, 5) is 23.8. The van der Waals surface area contributed by atoms with Crippen molar-refractivity contribution in [3.05, 3.63) is 28.3 Å². The molecule has 1 fully saturated rings. The first-order valence-corrected chi connectivity index (χ1v) is 8.22. The van der Waals surface area contributed by atoms with Gasteiger partial charge in [0.05, 0.1) is 18.2 Å². The number of carbonyl (C=O) groups excluding carboxylic acids is 2. The van der Waals surface area contributed by atoms with Crippen LogP contribution in [-0.4, -0.2) is 30.1 Å². The van der Waals surface area contributed by atoms with Crippen LogP contribution in [0.15, 0.2) is 17.7 Å². The smallest absolute Gasteiger partial charge is 0.263 e. The minimum absolute atomic E-state index is 0.0153. The highest BCUT2D eigenvalue weighted by atomic mass is 35.5. The molecule has 0 aromatic heterocycles. The number of hydrogen-bond donors (Lipinski definition) is 2. The number of benzene rings is 1. The Bertz CT molecular complexity index is 696. The van der Waals surface area contributed by atoms with E-state index >= 15 is 0 Å². The number of ether oxygens (including phenoxy) is 2. The summed E-state index contributed by atoms with van der Waals surface area (Å²) in [6.07, 6.45) is 2.25. The first-order valence-electron chi connectivity index (χ1n) is 7.43. The van der Waals surface area contributed by atoms with Gasteiger partial charge in [0.15, 0.2) is 16.6 Å². The maximum absolute atomic E-state index is 11.9. The maximum atomic E-state index is 11.9. The monoisotopic (exact) mass is 368 g/mol. The third-order valence-corrected chi connectivity index (χ3v) is 3.52. The van der Waals surface area contributed by atoms with Gasteiger partial charge in [-0.05, 0) is 49.3 Å². The molecule has 6 nitrogen and oxygen atoms in total. The molecule has 1 aliphatic rings. The molecule has 0 atom stereocenters. The molecule has 2 N–H and O–H groups in total. The van der Waals surface area contributed by atoms with E-state index in [-0.39, 0.29) is 10.7 Å². The van der Waals surface area contributed by atoms with Crippen molar-refractivity contribution in [2.45, 2.75) is 20.3 Å². The van der Waals surface area contributed by atoms with Crippen LogP contribution in [0.3, 0.4) is 0 Å². The summed E-state index contributed by atoms with van der Waals surface area (Å²) >= 11 is 11.0. The molecule has 0 spiro atoms. The minimum Gasteiger partial charge on any atom is -0.490 e. The second-order valence-electron chi connectivity index (χ2n) is 4.91. The lowest BCUT2D eigenvalue weighted by atomic mass is 10.1. The van der Waals surface area contributed by atoms with Crippen molar-refractivity contribution in [1.29, 1.82) is 0 Å². The summed E-state index contributed by atoms with van der Waals surface area (Å²) in [7, 11) is 0. The van der Waals surface area contributed by atoms with Gasteiger partial charge < -0.3 is 9.47 Å². The van der Waals surface area contributed by atoms with Crippen molar-refractivity contribution in [2.75, 3.05) is 13.2 Å².